The number of nitrogens with zero attached hydrogens (tertiary/aromatic N) is 1. The molecular formula is C12H22N2OS. The second-order valence-corrected chi connectivity index (χ2v) is 4.85. The molecule has 0 aromatic carbocycles. The van der Waals surface area contributed by atoms with Crippen molar-refractivity contribution < 1.29 is 4.74 Å². The van der Waals surface area contributed by atoms with Gasteiger partial charge in [0.25, 0.3) is 0 Å². The minimum Gasteiger partial charge on any atom is -0.383 e. The van der Waals surface area contributed by atoms with Gasteiger partial charge in [0.1, 0.15) is 0 Å². The lowest BCUT2D eigenvalue weighted by Crippen LogP contribution is -2.32. The van der Waals surface area contributed by atoms with E-state index in [0.717, 1.165) is 31.7 Å². The normalized spacial score (nSPS) is 12.9. The van der Waals surface area contributed by atoms with Gasteiger partial charge in [0.2, 0.25) is 0 Å². The van der Waals surface area contributed by atoms with Gasteiger partial charge in [0.05, 0.1) is 17.3 Å². The van der Waals surface area contributed by atoms with Gasteiger partial charge in [-0.15, -0.1) is 11.3 Å². The molecule has 0 aliphatic carbocycles. The Morgan fingerprint density at radius 1 is 1.50 bits per heavy atom. The highest BCUT2D eigenvalue weighted by Gasteiger charge is 2.07. The first-order valence-electron chi connectivity index (χ1n) is 5.95. The number of hydrogen-bond donors (Lipinski definition) is 1. The van der Waals surface area contributed by atoms with Crippen molar-refractivity contribution in [2.75, 3.05) is 13.7 Å². The molecule has 1 heterocycles. The topological polar surface area (TPSA) is 34.1 Å². The molecule has 16 heavy (non-hydrogen) atoms. The molecule has 1 N–H and O–H groups in total. The summed E-state index contributed by atoms with van der Waals surface area (Å²) in [5.74, 6) is 0. The van der Waals surface area contributed by atoms with Crippen LogP contribution in [0.25, 0.3) is 0 Å². The Morgan fingerprint density at radius 3 is 2.88 bits per heavy atom. The van der Waals surface area contributed by atoms with Crippen LogP contribution >= 0.6 is 11.3 Å². The molecule has 0 aliphatic rings. The molecule has 1 atom stereocenters. The SMILES string of the molecule is CCCC(COC)NCc1csc(CC)n1. The smallest absolute Gasteiger partial charge is 0.0926 e. The number of rotatable bonds is 8. The molecule has 1 rings (SSSR count). The molecule has 92 valence electrons. The average Bonchev–Trinajstić information content (AvgIpc) is 2.74. The summed E-state index contributed by atoms with van der Waals surface area (Å²) in [5, 5.41) is 6.85. The van der Waals surface area contributed by atoms with Crippen molar-refractivity contribution in [3.05, 3.63) is 16.1 Å². The second kappa shape index (κ2) is 7.76. The average molecular weight is 242 g/mol. The molecule has 1 aromatic heterocycles. The largest absolute Gasteiger partial charge is 0.383 e. The van der Waals surface area contributed by atoms with Crippen LogP contribution in [0.1, 0.15) is 37.4 Å². The maximum absolute atomic E-state index is 5.19. The number of aryl methyl sites for hydroxylation is 1. The van der Waals surface area contributed by atoms with Crippen molar-refractivity contribution in [1.29, 1.82) is 0 Å². The molecule has 0 bridgehead atoms. The number of aromatic nitrogens is 1. The Morgan fingerprint density at radius 2 is 2.31 bits per heavy atom. The Hall–Kier alpha value is -0.450. The van der Waals surface area contributed by atoms with E-state index in [2.05, 4.69) is 29.5 Å². The van der Waals surface area contributed by atoms with Crippen LogP contribution < -0.4 is 5.32 Å². The highest BCUT2D eigenvalue weighted by Crippen LogP contribution is 2.10. The van der Waals surface area contributed by atoms with Gasteiger partial charge in [-0.05, 0) is 12.8 Å². The minimum absolute atomic E-state index is 0.446. The van der Waals surface area contributed by atoms with E-state index in [9.17, 15) is 0 Å². The van der Waals surface area contributed by atoms with Crippen LogP contribution in [0, 0.1) is 0 Å². The van der Waals surface area contributed by atoms with E-state index < -0.39 is 0 Å². The van der Waals surface area contributed by atoms with Gasteiger partial charge < -0.3 is 10.1 Å². The first-order valence-corrected chi connectivity index (χ1v) is 6.83. The van der Waals surface area contributed by atoms with Gasteiger partial charge in [-0.3, -0.25) is 0 Å². The second-order valence-electron chi connectivity index (χ2n) is 3.91. The van der Waals surface area contributed by atoms with Crippen LogP contribution in [-0.4, -0.2) is 24.7 Å². The fourth-order valence-electron chi connectivity index (χ4n) is 1.64. The maximum atomic E-state index is 5.19. The summed E-state index contributed by atoms with van der Waals surface area (Å²) in [6.07, 6.45) is 3.36. The molecule has 0 saturated carbocycles. The molecule has 4 heteroatoms. The summed E-state index contributed by atoms with van der Waals surface area (Å²) in [4.78, 5) is 4.54. The molecule has 1 unspecified atom stereocenters. The van der Waals surface area contributed by atoms with Gasteiger partial charge >= 0.3 is 0 Å². The van der Waals surface area contributed by atoms with Crippen LogP contribution in [0.15, 0.2) is 5.38 Å². The lowest BCUT2D eigenvalue weighted by atomic mass is 10.2. The molecule has 3 nitrogen and oxygen atoms in total. The molecule has 1 aromatic rings. The van der Waals surface area contributed by atoms with Crippen molar-refractivity contribution in [3.8, 4) is 0 Å². The summed E-state index contributed by atoms with van der Waals surface area (Å²) >= 11 is 1.75. The Labute approximate surface area is 102 Å². The van der Waals surface area contributed by atoms with E-state index in [4.69, 9.17) is 4.74 Å². The van der Waals surface area contributed by atoms with Crippen molar-refractivity contribution in [1.82, 2.24) is 10.3 Å². The first kappa shape index (κ1) is 13.6. The Bertz CT molecular complexity index is 282. The number of thiazole rings is 1. The predicted octanol–water partition coefficient (Wildman–Crippen LogP) is 2.61. The van der Waals surface area contributed by atoms with Gasteiger partial charge in [0.15, 0.2) is 0 Å². The van der Waals surface area contributed by atoms with E-state index in [1.54, 1.807) is 18.4 Å². The molecule has 0 spiro atoms. The number of methoxy groups -OCH3 is 1. The zero-order valence-corrected chi connectivity index (χ0v) is 11.3. The molecule has 0 saturated heterocycles. The number of hydrogen-bond acceptors (Lipinski definition) is 4. The lowest BCUT2D eigenvalue weighted by Gasteiger charge is -2.16. The monoisotopic (exact) mass is 242 g/mol. The molecule has 0 aliphatic heterocycles. The van der Waals surface area contributed by atoms with Crippen molar-refractivity contribution in [3.63, 3.8) is 0 Å². The predicted molar refractivity (Wildman–Crippen MR) is 68.9 cm³/mol. The molecular weight excluding hydrogens is 220 g/mol. The van der Waals surface area contributed by atoms with E-state index in [-0.39, 0.29) is 0 Å². The number of nitrogens with one attached hydrogen (secondary N) is 1. The van der Waals surface area contributed by atoms with Crippen LogP contribution in [0.5, 0.6) is 0 Å². The maximum Gasteiger partial charge on any atom is 0.0926 e. The van der Waals surface area contributed by atoms with Gasteiger partial charge in [0, 0.05) is 25.1 Å². The third-order valence-corrected chi connectivity index (χ3v) is 3.52. The third kappa shape index (κ3) is 4.60. The summed E-state index contributed by atoms with van der Waals surface area (Å²) < 4.78 is 5.19. The third-order valence-electron chi connectivity index (χ3n) is 2.48. The Balaban J connectivity index is 2.35. The quantitative estimate of drug-likeness (QED) is 0.761. The first-order chi connectivity index (χ1) is 7.80. The van der Waals surface area contributed by atoms with Crippen molar-refractivity contribution >= 4 is 11.3 Å². The fraction of sp³-hybridized carbons (Fsp3) is 0.750. The highest BCUT2D eigenvalue weighted by molar-refractivity contribution is 7.09. The zero-order chi connectivity index (χ0) is 11.8. The van der Waals surface area contributed by atoms with Crippen molar-refractivity contribution in [2.24, 2.45) is 0 Å². The van der Waals surface area contributed by atoms with Crippen LogP contribution in [0.4, 0.5) is 0 Å². The fourth-order valence-corrected chi connectivity index (χ4v) is 2.38. The Kier molecular flexibility index (Phi) is 6.61. The minimum atomic E-state index is 0.446. The van der Waals surface area contributed by atoms with Crippen LogP contribution in [-0.2, 0) is 17.7 Å². The standard InChI is InChI=1S/C12H22N2OS/c1-4-6-10(8-15-3)13-7-11-9-16-12(5-2)14-11/h9-10,13H,4-8H2,1-3H3. The lowest BCUT2D eigenvalue weighted by molar-refractivity contribution is 0.161. The van der Waals surface area contributed by atoms with Gasteiger partial charge in [-0.1, -0.05) is 20.3 Å². The summed E-state index contributed by atoms with van der Waals surface area (Å²) in [6.45, 7) is 5.96. The van der Waals surface area contributed by atoms with E-state index in [1.807, 2.05) is 0 Å². The number of ether oxygens (including phenoxy) is 1. The molecule has 0 amide bonds. The van der Waals surface area contributed by atoms with E-state index in [0.29, 0.717) is 6.04 Å². The van der Waals surface area contributed by atoms with Gasteiger partial charge in [-0.2, -0.15) is 0 Å². The van der Waals surface area contributed by atoms with Crippen molar-refractivity contribution in [2.45, 2.75) is 45.7 Å². The summed E-state index contributed by atoms with van der Waals surface area (Å²) in [7, 11) is 1.75. The van der Waals surface area contributed by atoms with Gasteiger partial charge in [-0.25, -0.2) is 4.98 Å². The van der Waals surface area contributed by atoms with Crippen LogP contribution in [0.2, 0.25) is 0 Å². The summed E-state index contributed by atoms with van der Waals surface area (Å²) in [6, 6.07) is 0.446. The molecule has 0 fully saturated rings. The van der Waals surface area contributed by atoms with Crippen LogP contribution in [0.3, 0.4) is 0 Å². The summed E-state index contributed by atoms with van der Waals surface area (Å²) in [5.41, 5.74) is 1.15. The zero-order valence-electron chi connectivity index (χ0n) is 10.5. The molecule has 0 radical (unpaired) electrons. The van der Waals surface area contributed by atoms with E-state index >= 15 is 0 Å². The van der Waals surface area contributed by atoms with E-state index in [1.165, 1.54) is 11.4 Å². The highest BCUT2D eigenvalue weighted by atomic mass is 32.1.